The van der Waals surface area contributed by atoms with E-state index in [0.29, 0.717) is 12.2 Å². The van der Waals surface area contributed by atoms with Gasteiger partial charge in [0.05, 0.1) is 0 Å². The summed E-state index contributed by atoms with van der Waals surface area (Å²) in [5, 5.41) is 0. The van der Waals surface area contributed by atoms with Gasteiger partial charge in [-0.05, 0) is 42.7 Å². The van der Waals surface area contributed by atoms with Crippen LogP contribution in [0.2, 0.25) is 0 Å². The Kier molecular flexibility index (Phi) is 3.23. The highest BCUT2D eigenvalue weighted by molar-refractivity contribution is 5.98. The van der Waals surface area contributed by atoms with Gasteiger partial charge in [-0.25, -0.2) is 0 Å². The normalized spacial score (nSPS) is 28.1. The van der Waals surface area contributed by atoms with E-state index in [1.807, 2.05) is 0 Å². The molecule has 1 heterocycles. The SMILES string of the molecule is Cc1ccccc1C1CC2(CCC2)C2=C(CC(C)(C)CC2=O)O1. The number of aryl methyl sites for hydroxylation is 1. The fraction of sp³-hybridized carbons (Fsp3) is 0.571. The van der Waals surface area contributed by atoms with Crippen molar-refractivity contribution in [3.05, 3.63) is 46.7 Å². The maximum atomic E-state index is 12.8. The molecular formula is C21H26O2. The van der Waals surface area contributed by atoms with Gasteiger partial charge in [-0.1, -0.05) is 44.5 Å². The first-order valence-electron chi connectivity index (χ1n) is 8.89. The van der Waals surface area contributed by atoms with Gasteiger partial charge in [-0.2, -0.15) is 0 Å². The van der Waals surface area contributed by atoms with Crippen molar-refractivity contribution >= 4 is 5.78 Å². The lowest BCUT2D eigenvalue weighted by Crippen LogP contribution is -2.44. The summed E-state index contributed by atoms with van der Waals surface area (Å²) >= 11 is 0. The lowest BCUT2D eigenvalue weighted by molar-refractivity contribution is -0.124. The van der Waals surface area contributed by atoms with E-state index in [1.165, 1.54) is 17.5 Å². The lowest BCUT2D eigenvalue weighted by atomic mass is 9.56. The molecule has 1 atom stereocenters. The Morgan fingerprint density at radius 2 is 1.87 bits per heavy atom. The molecule has 122 valence electrons. The molecule has 0 radical (unpaired) electrons. The summed E-state index contributed by atoms with van der Waals surface area (Å²) in [6.07, 6.45) is 6.21. The van der Waals surface area contributed by atoms with E-state index in [4.69, 9.17) is 4.74 Å². The van der Waals surface area contributed by atoms with Crippen LogP contribution in [0.15, 0.2) is 35.6 Å². The summed E-state index contributed by atoms with van der Waals surface area (Å²) in [5.41, 5.74) is 3.77. The van der Waals surface area contributed by atoms with Crippen molar-refractivity contribution in [1.82, 2.24) is 0 Å². The molecule has 0 N–H and O–H groups in total. The number of fused-ring (bicyclic) bond motifs is 1. The van der Waals surface area contributed by atoms with E-state index in [9.17, 15) is 4.79 Å². The van der Waals surface area contributed by atoms with Gasteiger partial charge in [-0.3, -0.25) is 4.79 Å². The smallest absolute Gasteiger partial charge is 0.163 e. The first kappa shape index (κ1) is 15.0. The molecule has 1 saturated carbocycles. The Labute approximate surface area is 138 Å². The second-order valence-corrected chi connectivity index (χ2v) is 8.54. The van der Waals surface area contributed by atoms with Crippen molar-refractivity contribution in [1.29, 1.82) is 0 Å². The van der Waals surface area contributed by atoms with E-state index >= 15 is 0 Å². The molecule has 1 spiro atoms. The van der Waals surface area contributed by atoms with Crippen LogP contribution in [0.3, 0.4) is 0 Å². The summed E-state index contributed by atoms with van der Waals surface area (Å²) in [6.45, 7) is 6.53. The third-order valence-corrected chi connectivity index (χ3v) is 6.07. The highest BCUT2D eigenvalue weighted by Crippen LogP contribution is 2.60. The summed E-state index contributed by atoms with van der Waals surface area (Å²) in [6, 6.07) is 8.53. The molecule has 0 aromatic heterocycles. The lowest BCUT2D eigenvalue weighted by Gasteiger charge is -2.52. The number of benzene rings is 1. The zero-order chi connectivity index (χ0) is 16.2. The van der Waals surface area contributed by atoms with Crippen LogP contribution in [-0.2, 0) is 9.53 Å². The monoisotopic (exact) mass is 310 g/mol. The van der Waals surface area contributed by atoms with E-state index in [1.54, 1.807) is 0 Å². The number of hydrogen-bond acceptors (Lipinski definition) is 2. The number of ether oxygens (including phenoxy) is 1. The molecule has 0 bridgehead atoms. The quantitative estimate of drug-likeness (QED) is 0.706. The molecule has 1 unspecified atom stereocenters. The number of Topliss-reactive ketones (excluding diaryl/α,β-unsaturated/α-hetero) is 1. The van der Waals surface area contributed by atoms with Crippen molar-refractivity contribution in [2.24, 2.45) is 10.8 Å². The van der Waals surface area contributed by atoms with Crippen molar-refractivity contribution in [3.63, 3.8) is 0 Å². The van der Waals surface area contributed by atoms with Crippen LogP contribution in [0.25, 0.3) is 0 Å². The predicted molar refractivity (Wildman–Crippen MR) is 91.0 cm³/mol. The van der Waals surface area contributed by atoms with Gasteiger partial charge in [0.25, 0.3) is 0 Å². The van der Waals surface area contributed by atoms with Gasteiger partial charge in [0.2, 0.25) is 0 Å². The zero-order valence-electron chi connectivity index (χ0n) is 14.4. The summed E-state index contributed by atoms with van der Waals surface area (Å²) in [7, 11) is 0. The molecule has 1 aliphatic heterocycles. The molecular weight excluding hydrogens is 284 g/mol. The number of ketones is 1. The van der Waals surface area contributed by atoms with Crippen molar-refractivity contribution < 1.29 is 9.53 Å². The van der Waals surface area contributed by atoms with Crippen molar-refractivity contribution in [2.45, 2.75) is 65.4 Å². The van der Waals surface area contributed by atoms with E-state index in [-0.39, 0.29) is 16.9 Å². The molecule has 23 heavy (non-hydrogen) atoms. The molecule has 0 saturated heterocycles. The van der Waals surface area contributed by atoms with Gasteiger partial charge in [0, 0.05) is 23.8 Å². The van der Waals surface area contributed by atoms with Gasteiger partial charge in [-0.15, -0.1) is 0 Å². The Balaban J connectivity index is 1.77. The van der Waals surface area contributed by atoms with E-state index in [2.05, 4.69) is 45.0 Å². The van der Waals surface area contributed by atoms with Gasteiger partial charge in [0.15, 0.2) is 5.78 Å². The molecule has 1 fully saturated rings. The molecule has 2 heteroatoms. The molecule has 2 nitrogen and oxygen atoms in total. The fourth-order valence-electron chi connectivity index (χ4n) is 4.81. The summed E-state index contributed by atoms with van der Waals surface area (Å²) < 4.78 is 6.45. The number of allylic oxidation sites excluding steroid dienone is 2. The second-order valence-electron chi connectivity index (χ2n) is 8.54. The first-order valence-corrected chi connectivity index (χ1v) is 8.89. The van der Waals surface area contributed by atoms with Gasteiger partial charge >= 0.3 is 0 Å². The summed E-state index contributed by atoms with van der Waals surface area (Å²) in [5.74, 6) is 1.35. The minimum absolute atomic E-state index is 0.0223. The zero-order valence-corrected chi connectivity index (χ0v) is 14.4. The Morgan fingerprint density at radius 1 is 1.13 bits per heavy atom. The number of carbonyl (C=O) groups is 1. The number of rotatable bonds is 1. The van der Waals surface area contributed by atoms with E-state index in [0.717, 1.165) is 37.0 Å². The maximum Gasteiger partial charge on any atom is 0.163 e. The maximum absolute atomic E-state index is 12.8. The van der Waals surface area contributed by atoms with Crippen LogP contribution in [0, 0.1) is 17.8 Å². The molecule has 3 aliphatic rings. The highest BCUT2D eigenvalue weighted by Gasteiger charge is 2.52. The predicted octanol–water partition coefficient (Wildman–Crippen LogP) is 5.27. The number of carbonyl (C=O) groups excluding carboxylic acids is 1. The van der Waals surface area contributed by atoms with Crippen molar-refractivity contribution in [2.75, 3.05) is 0 Å². The standard InChI is InChI=1S/C21H26O2/c1-14-7-4-5-8-15(14)17-13-21(9-6-10-21)19-16(22)11-20(2,3)12-18(19)23-17/h4-5,7-8,17H,6,9-13H2,1-3H3. The van der Waals surface area contributed by atoms with Crippen LogP contribution in [-0.4, -0.2) is 5.78 Å². The molecule has 0 amide bonds. The summed E-state index contributed by atoms with van der Waals surface area (Å²) in [4.78, 5) is 12.8. The van der Waals surface area contributed by atoms with Crippen LogP contribution in [0.4, 0.5) is 0 Å². The topological polar surface area (TPSA) is 26.3 Å². The third kappa shape index (κ3) is 2.34. The van der Waals surface area contributed by atoms with Crippen LogP contribution in [0.1, 0.15) is 69.6 Å². The van der Waals surface area contributed by atoms with Gasteiger partial charge < -0.3 is 4.74 Å². The third-order valence-electron chi connectivity index (χ3n) is 6.07. The van der Waals surface area contributed by atoms with E-state index < -0.39 is 0 Å². The first-order chi connectivity index (χ1) is 10.9. The average Bonchev–Trinajstić information content (AvgIpc) is 2.43. The average molecular weight is 310 g/mol. The Morgan fingerprint density at radius 3 is 2.52 bits per heavy atom. The molecule has 1 aromatic carbocycles. The van der Waals surface area contributed by atoms with Gasteiger partial charge in [0.1, 0.15) is 11.9 Å². The minimum atomic E-state index is 0.0223. The van der Waals surface area contributed by atoms with Crippen LogP contribution in [0.5, 0.6) is 0 Å². The van der Waals surface area contributed by atoms with Crippen LogP contribution < -0.4 is 0 Å². The Bertz CT molecular complexity index is 692. The van der Waals surface area contributed by atoms with Crippen molar-refractivity contribution in [3.8, 4) is 0 Å². The Hall–Kier alpha value is -1.57. The second kappa shape index (κ2) is 4.96. The van der Waals surface area contributed by atoms with Crippen LogP contribution >= 0.6 is 0 Å². The largest absolute Gasteiger partial charge is 0.490 e. The molecule has 2 aliphatic carbocycles. The molecule has 4 rings (SSSR count). The number of hydrogen-bond donors (Lipinski definition) is 0. The highest BCUT2D eigenvalue weighted by atomic mass is 16.5. The molecule has 1 aromatic rings. The minimum Gasteiger partial charge on any atom is -0.490 e. The fourth-order valence-corrected chi connectivity index (χ4v) is 4.81.